The quantitative estimate of drug-likeness (QED) is 0.833. The van der Waals surface area contributed by atoms with Gasteiger partial charge < -0.3 is 20.1 Å². The summed E-state index contributed by atoms with van der Waals surface area (Å²) in [6.07, 6.45) is 1.45. The molecule has 1 aromatic heterocycles. The summed E-state index contributed by atoms with van der Waals surface area (Å²) in [5.41, 5.74) is 0.671. The standard InChI is InChI=1S/C13H14BrClN4O2/c1-16-12-11(14)13(18-6-17-12)19-8-4-7(15)9(20-2)5-10(8)21-3/h4-6H,1-3H3,(H2,16,17,18,19). The minimum absolute atomic E-state index is 0.472. The van der Waals surface area contributed by atoms with Crippen molar-refractivity contribution in [2.24, 2.45) is 0 Å². The monoisotopic (exact) mass is 372 g/mol. The lowest BCUT2D eigenvalue weighted by molar-refractivity contribution is 0.396. The first-order chi connectivity index (χ1) is 10.1. The van der Waals surface area contributed by atoms with E-state index in [1.165, 1.54) is 6.33 Å². The van der Waals surface area contributed by atoms with Crippen molar-refractivity contribution in [1.82, 2.24) is 9.97 Å². The first-order valence-corrected chi connectivity index (χ1v) is 7.14. The second kappa shape index (κ2) is 6.82. The summed E-state index contributed by atoms with van der Waals surface area (Å²) in [6, 6.07) is 3.42. The van der Waals surface area contributed by atoms with Gasteiger partial charge in [-0.1, -0.05) is 11.6 Å². The van der Waals surface area contributed by atoms with Gasteiger partial charge in [-0.15, -0.1) is 0 Å². The van der Waals surface area contributed by atoms with Crippen LogP contribution < -0.4 is 20.1 Å². The first-order valence-electron chi connectivity index (χ1n) is 5.97. The van der Waals surface area contributed by atoms with Crippen LogP contribution in [0.4, 0.5) is 17.3 Å². The number of nitrogens with one attached hydrogen (secondary N) is 2. The first kappa shape index (κ1) is 15.7. The average molecular weight is 374 g/mol. The molecule has 0 aliphatic rings. The Balaban J connectivity index is 2.42. The fourth-order valence-electron chi connectivity index (χ4n) is 1.72. The topological polar surface area (TPSA) is 68.3 Å². The van der Waals surface area contributed by atoms with Crippen LogP contribution in [0, 0.1) is 0 Å². The Morgan fingerprint density at radius 3 is 2.38 bits per heavy atom. The van der Waals surface area contributed by atoms with E-state index in [-0.39, 0.29) is 0 Å². The lowest BCUT2D eigenvalue weighted by Gasteiger charge is -2.14. The number of benzene rings is 1. The van der Waals surface area contributed by atoms with Gasteiger partial charge >= 0.3 is 0 Å². The van der Waals surface area contributed by atoms with Crippen molar-refractivity contribution in [2.45, 2.75) is 0 Å². The molecule has 0 radical (unpaired) electrons. The molecule has 6 nitrogen and oxygen atoms in total. The molecule has 0 fully saturated rings. The Morgan fingerprint density at radius 1 is 1.10 bits per heavy atom. The van der Waals surface area contributed by atoms with Crippen molar-refractivity contribution >= 4 is 44.9 Å². The maximum Gasteiger partial charge on any atom is 0.150 e. The summed E-state index contributed by atoms with van der Waals surface area (Å²) >= 11 is 9.59. The third kappa shape index (κ3) is 3.30. The summed E-state index contributed by atoms with van der Waals surface area (Å²) < 4.78 is 11.2. The van der Waals surface area contributed by atoms with E-state index in [9.17, 15) is 0 Å². The predicted molar refractivity (Wildman–Crippen MR) is 87.1 cm³/mol. The number of hydrogen-bond acceptors (Lipinski definition) is 6. The highest BCUT2D eigenvalue weighted by molar-refractivity contribution is 9.10. The second-order valence-electron chi connectivity index (χ2n) is 3.95. The molecule has 2 rings (SSSR count). The van der Waals surface area contributed by atoms with Crippen molar-refractivity contribution in [3.63, 3.8) is 0 Å². The highest BCUT2D eigenvalue weighted by Gasteiger charge is 2.13. The average Bonchev–Trinajstić information content (AvgIpc) is 2.49. The molecule has 2 aromatic rings. The zero-order valence-electron chi connectivity index (χ0n) is 11.7. The van der Waals surface area contributed by atoms with Crippen LogP contribution in [-0.4, -0.2) is 31.2 Å². The van der Waals surface area contributed by atoms with Crippen LogP contribution in [0.3, 0.4) is 0 Å². The summed E-state index contributed by atoms with van der Waals surface area (Å²) in [7, 11) is 4.90. The number of nitrogens with zero attached hydrogens (tertiary/aromatic N) is 2. The third-order valence-electron chi connectivity index (χ3n) is 2.75. The Labute approximate surface area is 136 Å². The molecule has 0 unspecified atom stereocenters. The van der Waals surface area contributed by atoms with Crippen LogP contribution >= 0.6 is 27.5 Å². The number of ether oxygens (including phenoxy) is 2. The van der Waals surface area contributed by atoms with Gasteiger partial charge in [-0.25, -0.2) is 9.97 Å². The van der Waals surface area contributed by atoms with Gasteiger partial charge in [-0.3, -0.25) is 0 Å². The van der Waals surface area contributed by atoms with E-state index in [0.717, 1.165) is 0 Å². The molecule has 0 aliphatic carbocycles. The number of aromatic nitrogens is 2. The Hall–Kier alpha value is -1.73. The molecule has 1 heterocycles. The molecule has 0 amide bonds. The molecule has 1 aromatic carbocycles. The summed E-state index contributed by atoms with van der Waals surface area (Å²) in [5, 5.41) is 6.59. The molecule has 0 bridgehead atoms. The SMILES string of the molecule is CNc1ncnc(Nc2cc(Cl)c(OC)cc2OC)c1Br. The van der Waals surface area contributed by atoms with Gasteiger partial charge in [0.2, 0.25) is 0 Å². The van der Waals surface area contributed by atoms with E-state index < -0.39 is 0 Å². The van der Waals surface area contributed by atoms with Gasteiger partial charge in [0.25, 0.3) is 0 Å². The zero-order valence-corrected chi connectivity index (χ0v) is 14.0. The van der Waals surface area contributed by atoms with Crippen molar-refractivity contribution in [3.05, 3.63) is 28.0 Å². The molecular formula is C13H14BrClN4O2. The maximum atomic E-state index is 6.15. The molecule has 0 aliphatic heterocycles. The van der Waals surface area contributed by atoms with E-state index in [1.54, 1.807) is 33.4 Å². The van der Waals surface area contributed by atoms with Gasteiger partial charge in [0.15, 0.2) is 0 Å². The number of halogens is 2. The minimum Gasteiger partial charge on any atom is -0.495 e. The maximum absolute atomic E-state index is 6.15. The van der Waals surface area contributed by atoms with Gasteiger partial charge in [0.1, 0.15) is 33.9 Å². The lowest BCUT2D eigenvalue weighted by Crippen LogP contribution is -2.02. The van der Waals surface area contributed by atoms with E-state index >= 15 is 0 Å². The normalized spacial score (nSPS) is 10.1. The van der Waals surface area contributed by atoms with Crippen LogP contribution in [0.1, 0.15) is 0 Å². The second-order valence-corrected chi connectivity index (χ2v) is 5.15. The van der Waals surface area contributed by atoms with Gasteiger partial charge in [-0.05, 0) is 22.0 Å². The fraction of sp³-hybridized carbons (Fsp3) is 0.231. The number of anilines is 3. The van der Waals surface area contributed by atoms with Crippen molar-refractivity contribution in [2.75, 3.05) is 31.9 Å². The smallest absolute Gasteiger partial charge is 0.150 e. The van der Waals surface area contributed by atoms with Crippen LogP contribution in [0.2, 0.25) is 5.02 Å². The molecule has 2 N–H and O–H groups in total. The molecular weight excluding hydrogens is 360 g/mol. The highest BCUT2D eigenvalue weighted by Crippen LogP contribution is 2.38. The van der Waals surface area contributed by atoms with E-state index in [0.29, 0.717) is 38.3 Å². The number of methoxy groups -OCH3 is 2. The molecule has 21 heavy (non-hydrogen) atoms. The van der Waals surface area contributed by atoms with Crippen molar-refractivity contribution in [1.29, 1.82) is 0 Å². The van der Waals surface area contributed by atoms with Crippen LogP contribution in [-0.2, 0) is 0 Å². The van der Waals surface area contributed by atoms with E-state index in [1.807, 2.05) is 0 Å². The highest BCUT2D eigenvalue weighted by atomic mass is 79.9. The number of hydrogen-bond donors (Lipinski definition) is 2. The van der Waals surface area contributed by atoms with E-state index in [4.69, 9.17) is 21.1 Å². The number of rotatable bonds is 5. The predicted octanol–water partition coefficient (Wildman–Crippen LogP) is 3.70. The lowest BCUT2D eigenvalue weighted by atomic mass is 10.2. The molecule has 0 saturated carbocycles. The summed E-state index contributed by atoms with van der Waals surface area (Å²) in [5.74, 6) is 2.39. The van der Waals surface area contributed by atoms with Gasteiger partial charge in [0.05, 0.1) is 24.9 Å². The Bertz CT molecular complexity index is 654. The van der Waals surface area contributed by atoms with Gasteiger partial charge in [-0.2, -0.15) is 0 Å². The van der Waals surface area contributed by atoms with Crippen molar-refractivity contribution < 1.29 is 9.47 Å². The van der Waals surface area contributed by atoms with Crippen LogP contribution in [0.15, 0.2) is 22.9 Å². The van der Waals surface area contributed by atoms with E-state index in [2.05, 4.69) is 36.5 Å². The molecule has 8 heteroatoms. The molecule has 112 valence electrons. The van der Waals surface area contributed by atoms with Crippen LogP contribution in [0.5, 0.6) is 11.5 Å². The summed E-state index contributed by atoms with van der Waals surface area (Å²) in [6.45, 7) is 0. The molecule has 0 saturated heterocycles. The summed E-state index contributed by atoms with van der Waals surface area (Å²) in [4.78, 5) is 8.29. The van der Waals surface area contributed by atoms with Crippen molar-refractivity contribution in [3.8, 4) is 11.5 Å². The Kier molecular flexibility index (Phi) is 5.08. The minimum atomic E-state index is 0.472. The van der Waals surface area contributed by atoms with Gasteiger partial charge in [0, 0.05) is 13.1 Å². The Morgan fingerprint density at radius 2 is 1.76 bits per heavy atom. The molecule has 0 spiro atoms. The third-order valence-corrected chi connectivity index (χ3v) is 3.80. The fourth-order valence-corrected chi connectivity index (χ4v) is 2.46. The molecule has 0 atom stereocenters. The van der Waals surface area contributed by atoms with Crippen LogP contribution in [0.25, 0.3) is 0 Å². The zero-order chi connectivity index (χ0) is 15.4. The largest absolute Gasteiger partial charge is 0.495 e.